The maximum atomic E-state index is 11.8. The van der Waals surface area contributed by atoms with Gasteiger partial charge in [-0.1, -0.05) is 6.07 Å². The molecule has 0 aromatic heterocycles. The molecule has 19 heavy (non-hydrogen) atoms. The monoisotopic (exact) mass is 264 g/mol. The normalized spacial score (nSPS) is 10.1. The summed E-state index contributed by atoms with van der Waals surface area (Å²) in [5.74, 6) is -0.266. The van der Waals surface area contributed by atoms with Gasteiger partial charge >= 0.3 is 0 Å². The van der Waals surface area contributed by atoms with Gasteiger partial charge in [-0.25, -0.2) is 0 Å². The minimum absolute atomic E-state index is 0.00838. The van der Waals surface area contributed by atoms with E-state index >= 15 is 0 Å². The van der Waals surface area contributed by atoms with Gasteiger partial charge in [-0.05, 0) is 31.0 Å². The van der Waals surface area contributed by atoms with E-state index in [1.807, 2.05) is 6.92 Å². The summed E-state index contributed by atoms with van der Waals surface area (Å²) in [5, 5.41) is 11.4. The Morgan fingerprint density at radius 2 is 2.00 bits per heavy atom. The Hall–Kier alpha value is -1.88. The summed E-state index contributed by atoms with van der Waals surface area (Å²) in [4.78, 5) is 25.0. The van der Waals surface area contributed by atoms with Crippen molar-refractivity contribution >= 4 is 17.5 Å². The van der Waals surface area contributed by atoms with Gasteiger partial charge in [0, 0.05) is 38.4 Å². The van der Waals surface area contributed by atoms with Gasteiger partial charge < -0.3 is 15.3 Å². The summed E-state index contributed by atoms with van der Waals surface area (Å²) in [6.45, 7) is 1.86. The molecular formula is C14H20N2O3. The molecule has 0 radical (unpaired) electrons. The maximum Gasteiger partial charge on any atom is 0.253 e. The van der Waals surface area contributed by atoms with Crippen molar-refractivity contribution in [2.45, 2.75) is 19.8 Å². The largest absolute Gasteiger partial charge is 0.396 e. The van der Waals surface area contributed by atoms with Crippen molar-refractivity contribution < 1.29 is 14.7 Å². The Bertz CT molecular complexity index is 470. The molecule has 0 aliphatic carbocycles. The molecule has 0 fully saturated rings. The second-order valence-corrected chi connectivity index (χ2v) is 4.60. The van der Waals surface area contributed by atoms with Crippen LogP contribution in [0.25, 0.3) is 0 Å². The highest BCUT2D eigenvalue weighted by Crippen LogP contribution is 2.18. The average molecular weight is 264 g/mol. The number of rotatable bonds is 5. The van der Waals surface area contributed by atoms with Gasteiger partial charge in [0.05, 0.1) is 0 Å². The van der Waals surface area contributed by atoms with Crippen LogP contribution in [0.4, 0.5) is 5.69 Å². The number of carbonyl (C=O) groups is 2. The van der Waals surface area contributed by atoms with Crippen molar-refractivity contribution in [1.29, 1.82) is 0 Å². The Balaban J connectivity index is 2.86. The molecule has 0 unspecified atom stereocenters. The van der Waals surface area contributed by atoms with Gasteiger partial charge in [-0.15, -0.1) is 0 Å². The molecule has 5 heteroatoms. The summed E-state index contributed by atoms with van der Waals surface area (Å²) < 4.78 is 0. The molecule has 2 N–H and O–H groups in total. The number of anilines is 1. The lowest BCUT2D eigenvalue weighted by molar-refractivity contribution is -0.116. The summed E-state index contributed by atoms with van der Waals surface area (Å²) in [6.07, 6.45) is 0.697. The third kappa shape index (κ3) is 4.37. The van der Waals surface area contributed by atoms with Crippen LogP contribution in [0.1, 0.15) is 28.8 Å². The molecule has 1 rings (SSSR count). The van der Waals surface area contributed by atoms with Crippen molar-refractivity contribution in [1.82, 2.24) is 4.90 Å². The summed E-state index contributed by atoms with van der Waals surface area (Å²) in [6, 6.07) is 5.22. The fraction of sp³-hybridized carbons (Fsp3) is 0.429. The van der Waals surface area contributed by atoms with Crippen molar-refractivity contribution in [3.05, 3.63) is 29.3 Å². The zero-order chi connectivity index (χ0) is 14.4. The molecule has 0 atom stereocenters. The lowest BCUT2D eigenvalue weighted by atomic mass is 10.1. The lowest BCUT2D eigenvalue weighted by Crippen LogP contribution is -2.22. The van der Waals surface area contributed by atoms with E-state index in [1.54, 1.807) is 32.3 Å². The van der Waals surface area contributed by atoms with Gasteiger partial charge in [0.25, 0.3) is 5.91 Å². The molecule has 5 nitrogen and oxygen atoms in total. The summed E-state index contributed by atoms with van der Waals surface area (Å²) >= 11 is 0. The number of aryl methyl sites for hydroxylation is 1. The van der Waals surface area contributed by atoms with Gasteiger partial charge in [0.2, 0.25) is 5.91 Å². The van der Waals surface area contributed by atoms with Crippen LogP contribution >= 0.6 is 0 Å². The van der Waals surface area contributed by atoms with E-state index in [0.29, 0.717) is 17.7 Å². The number of hydrogen-bond donors (Lipinski definition) is 2. The quantitative estimate of drug-likeness (QED) is 0.844. The number of carbonyl (C=O) groups excluding carboxylic acids is 2. The van der Waals surface area contributed by atoms with Crippen molar-refractivity contribution in [2.24, 2.45) is 0 Å². The minimum Gasteiger partial charge on any atom is -0.396 e. The van der Waals surface area contributed by atoms with E-state index in [4.69, 9.17) is 5.11 Å². The molecule has 0 saturated heterocycles. The molecule has 0 aliphatic rings. The molecule has 0 aliphatic heterocycles. The fourth-order valence-electron chi connectivity index (χ4n) is 1.60. The molecule has 2 amide bonds. The van der Waals surface area contributed by atoms with Crippen LogP contribution in [0.3, 0.4) is 0 Å². The number of aliphatic hydroxyl groups excluding tert-OH is 1. The Morgan fingerprint density at radius 3 is 2.58 bits per heavy atom. The van der Waals surface area contributed by atoms with Gasteiger partial charge in [-0.3, -0.25) is 9.59 Å². The van der Waals surface area contributed by atoms with E-state index in [0.717, 1.165) is 5.56 Å². The predicted molar refractivity (Wildman–Crippen MR) is 74.1 cm³/mol. The first-order chi connectivity index (χ1) is 8.95. The third-order valence-electron chi connectivity index (χ3n) is 2.73. The van der Waals surface area contributed by atoms with E-state index in [-0.39, 0.29) is 24.8 Å². The number of amides is 2. The number of aliphatic hydroxyl groups is 1. The topological polar surface area (TPSA) is 69.6 Å². The van der Waals surface area contributed by atoms with Crippen LogP contribution in [-0.4, -0.2) is 42.5 Å². The SMILES string of the molecule is Cc1ccc(C(=O)N(C)C)cc1NC(=O)CCCO. The van der Waals surface area contributed by atoms with E-state index in [2.05, 4.69) is 5.32 Å². The van der Waals surface area contributed by atoms with E-state index in [9.17, 15) is 9.59 Å². The molecule has 0 heterocycles. The molecule has 104 valence electrons. The first-order valence-corrected chi connectivity index (χ1v) is 6.18. The molecule has 0 saturated carbocycles. The second-order valence-electron chi connectivity index (χ2n) is 4.60. The Morgan fingerprint density at radius 1 is 1.32 bits per heavy atom. The highest BCUT2D eigenvalue weighted by molar-refractivity contribution is 5.97. The summed E-state index contributed by atoms with van der Waals surface area (Å²) in [7, 11) is 3.36. The second kappa shape index (κ2) is 6.89. The lowest BCUT2D eigenvalue weighted by Gasteiger charge is -2.13. The van der Waals surface area contributed by atoms with Gasteiger partial charge in [-0.2, -0.15) is 0 Å². The fourth-order valence-corrected chi connectivity index (χ4v) is 1.60. The van der Waals surface area contributed by atoms with E-state index in [1.165, 1.54) is 4.90 Å². The zero-order valence-corrected chi connectivity index (χ0v) is 11.6. The smallest absolute Gasteiger partial charge is 0.253 e. The van der Waals surface area contributed by atoms with Crippen LogP contribution < -0.4 is 5.32 Å². The van der Waals surface area contributed by atoms with Crippen LogP contribution in [0.5, 0.6) is 0 Å². The Labute approximate surface area is 113 Å². The molecule has 0 bridgehead atoms. The zero-order valence-electron chi connectivity index (χ0n) is 11.6. The first-order valence-electron chi connectivity index (χ1n) is 6.18. The standard InChI is InChI=1S/C14H20N2O3/c1-10-6-7-11(14(19)16(2)3)9-12(10)15-13(18)5-4-8-17/h6-7,9,17H,4-5,8H2,1-3H3,(H,15,18). The van der Waals surface area contributed by atoms with Crippen LogP contribution in [0.2, 0.25) is 0 Å². The molecule has 1 aromatic rings. The Kier molecular flexibility index (Phi) is 5.51. The maximum absolute atomic E-state index is 11.8. The summed E-state index contributed by atoms with van der Waals surface area (Å²) in [5.41, 5.74) is 2.07. The first kappa shape index (κ1) is 15.2. The number of hydrogen-bond acceptors (Lipinski definition) is 3. The highest BCUT2D eigenvalue weighted by Gasteiger charge is 2.11. The molecule has 0 spiro atoms. The van der Waals surface area contributed by atoms with Crippen molar-refractivity contribution in [3.8, 4) is 0 Å². The average Bonchev–Trinajstić information content (AvgIpc) is 2.38. The van der Waals surface area contributed by atoms with Crippen LogP contribution in [0, 0.1) is 6.92 Å². The number of nitrogens with one attached hydrogen (secondary N) is 1. The number of benzene rings is 1. The van der Waals surface area contributed by atoms with E-state index < -0.39 is 0 Å². The predicted octanol–water partition coefficient (Wildman–Crippen LogP) is 1.41. The third-order valence-corrected chi connectivity index (χ3v) is 2.73. The molecular weight excluding hydrogens is 244 g/mol. The van der Waals surface area contributed by atoms with Crippen LogP contribution in [0.15, 0.2) is 18.2 Å². The minimum atomic E-state index is -0.161. The van der Waals surface area contributed by atoms with Crippen molar-refractivity contribution in [3.63, 3.8) is 0 Å². The van der Waals surface area contributed by atoms with Crippen LogP contribution in [-0.2, 0) is 4.79 Å². The van der Waals surface area contributed by atoms with Gasteiger partial charge in [0.1, 0.15) is 0 Å². The highest BCUT2D eigenvalue weighted by atomic mass is 16.3. The van der Waals surface area contributed by atoms with Gasteiger partial charge in [0.15, 0.2) is 0 Å². The van der Waals surface area contributed by atoms with Crippen molar-refractivity contribution in [2.75, 3.05) is 26.0 Å². The molecule has 1 aromatic carbocycles. The number of nitrogens with zero attached hydrogens (tertiary/aromatic N) is 1.